The average molecular weight is 425 g/mol. The minimum Gasteiger partial charge on any atom is -0.338 e. The molecular weight excluding hydrogens is 405 g/mol. The van der Waals surface area contributed by atoms with Gasteiger partial charge in [0.05, 0.1) is 11.5 Å². The Labute approximate surface area is 171 Å². The lowest BCUT2D eigenvalue weighted by Crippen LogP contribution is -2.43. The van der Waals surface area contributed by atoms with Gasteiger partial charge in [0.1, 0.15) is 0 Å². The van der Waals surface area contributed by atoms with Crippen LogP contribution in [0.3, 0.4) is 0 Å². The molecule has 154 valence electrons. The second-order valence-electron chi connectivity index (χ2n) is 7.12. The summed E-state index contributed by atoms with van der Waals surface area (Å²) in [5.74, 6) is -1.16. The standard InChI is InChI=1S/C21H20ClF3N2O2/c1-13-10-17(22)7-8-18(13)26-19(28)15-5-3-9-27(12-15)20(29)14-4-2-6-16(11-14)21(23,24)25/h2,4,6-8,10-11,15H,3,5,9,12H2,1H3,(H,26,28)/t15-/m0/s1. The van der Waals surface area contributed by atoms with Gasteiger partial charge in [-0.3, -0.25) is 9.59 Å². The maximum absolute atomic E-state index is 12.9. The quantitative estimate of drug-likeness (QED) is 0.740. The maximum Gasteiger partial charge on any atom is 0.416 e. The van der Waals surface area contributed by atoms with Crippen LogP contribution in [0.5, 0.6) is 0 Å². The molecule has 1 heterocycles. The predicted octanol–water partition coefficient (Wildman–Crippen LogP) is 5.16. The van der Waals surface area contributed by atoms with E-state index in [4.69, 9.17) is 11.6 Å². The van der Waals surface area contributed by atoms with Gasteiger partial charge in [-0.15, -0.1) is 0 Å². The molecule has 1 saturated heterocycles. The third-order valence-corrected chi connectivity index (χ3v) is 5.20. The first-order valence-corrected chi connectivity index (χ1v) is 9.56. The van der Waals surface area contributed by atoms with Crippen LogP contribution in [0.1, 0.15) is 34.3 Å². The molecule has 0 unspecified atom stereocenters. The number of alkyl halides is 3. The van der Waals surface area contributed by atoms with Crippen LogP contribution in [-0.4, -0.2) is 29.8 Å². The van der Waals surface area contributed by atoms with E-state index in [0.717, 1.165) is 17.7 Å². The van der Waals surface area contributed by atoms with Crippen LogP contribution >= 0.6 is 11.6 Å². The Morgan fingerprint density at radius 1 is 1.17 bits per heavy atom. The number of rotatable bonds is 3. The summed E-state index contributed by atoms with van der Waals surface area (Å²) < 4.78 is 38.8. The summed E-state index contributed by atoms with van der Waals surface area (Å²) in [6, 6.07) is 9.48. The molecule has 1 fully saturated rings. The molecule has 8 heteroatoms. The van der Waals surface area contributed by atoms with Crippen LogP contribution in [0.25, 0.3) is 0 Å². The lowest BCUT2D eigenvalue weighted by atomic mass is 9.96. The molecule has 3 rings (SSSR count). The van der Waals surface area contributed by atoms with Crippen molar-refractivity contribution in [1.29, 1.82) is 0 Å². The van der Waals surface area contributed by atoms with Crippen molar-refractivity contribution in [2.24, 2.45) is 5.92 Å². The molecule has 1 aliphatic rings. The van der Waals surface area contributed by atoms with E-state index < -0.39 is 23.6 Å². The highest BCUT2D eigenvalue weighted by atomic mass is 35.5. The Morgan fingerprint density at radius 3 is 2.62 bits per heavy atom. The summed E-state index contributed by atoms with van der Waals surface area (Å²) in [5.41, 5.74) is 0.557. The number of likely N-dealkylation sites (tertiary alicyclic amines) is 1. The number of benzene rings is 2. The SMILES string of the molecule is Cc1cc(Cl)ccc1NC(=O)[C@H]1CCCN(C(=O)c2cccc(C(F)(F)F)c2)C1. The number of amides is 2. The average Bonchev–Trinajstić information content (AvgIpc) is 2.69. The zero-order valence-electron chi connectivity index (χ0n) is 15.7. The molecule has 29 heavy (non-hydrogen) atoms. The lowest BCUT2D eigenvalue weighted by Gasteiger charge is -2.32. The summed E-state index contributed by atoms with van der Waals surface area (Å²) in [4.78, 5) is 26.8. The Hall–Kier alpha value is -2.54. The van der Waals surface area contributed by atoms with Crippen molar-refractivity contribution < 1.29 is 22.8 Å². The van der Waals surface area contributed by atoms with E-state index in [1.807, 2.05) is 6.92 Å². The van der Waals surface area contributed by atoms with Gasteiger partial charge in [-0.2, -0.15) is 13.2 Å². The van der Waals surface area contributed by atoms with Gasteiger partial charge in [0, 0.05) is 29.4 Å². The number of aryl methyl sites for hydroxylation is 1. The fourth-order valence-corrected chi connectivity index (χ4v) is 3.62. The van der Waals surface area contributed by atoms with Crippen molar-refractivity contribution in [2.45, 2.75) is 25.9 Å². The van der Waals surface area contributed by atoms with Crippen molar-refractivity contribution in [2.75, 3.05) is 18.4 Å². The lowest BCUT2D eigenvalue weighted by molar-refractivity contribution is -0.137. The minimum absolute atomic E-state index is 0.0329. The molecule has 0 bridgehead atoms. The molecular formula is C21H20ClF3N2O2. The Kier molecular flexibility index (Phi) is 6.17. The number of piperidine rings is 1. The second kappa shape index (κ2) is 8.45. The number of carbonyl (C=O) groups is 2. The van der Waals surface area contributed by atoms with Crippen LogP contribution in [0.15, 0.2) is 42.5 Å². The van der Waals surface area contributed by atoms with Crippen LogP contribution in [-0.2, 0) is 11.0 Å². The molecule has 0 saturated carbocycles. The van der Waals surface area contributed by atoms with E-state index in [-0.39, 0.29) is 18.0 Å². The summed E-state index contributed by atoms with van der Waals surface area (Å²) in [6.07, 6.45) is -3.32. The zero-order valence-corrected chi connectivity index (χ0v) is 16.5. The number of carbonyl (C=O) groups excluding carboxylic acids is 2. The second-order valence-corrected chi connectivity index (χ2v) is 7.55. The first kappa shape index (κ1) is 21.2. The van der Waals surface area contributed by atoms with Crippen LogP contribution < -0.4 is 5.32 Å². The Bertz CT molecular complexity index is 930. The van der Waals surface area contributed by atoms with Gasteiger partial charge < -0.3 is 10.2 Å². The topological polar surface area (TPSA) is 49.4 Å². The van der Waals surface area contributed by atoms with Crippen LogP contribution in [0.4, 0.5) is 18.9 Å². The largest absolute Gasteiger partial charge is 0.416 e. The van der Waals surface area contributed by atoms with Crippen molar-refractivity contribution in [3.8, 4) is 0 Å². The molecule has 0 spiro atoms. The monoisotopic (exact) mass is 424 g/mol. The highest BCUT2D eigenvalue weighted by Crippen LogP contribution is 2.30. The Balaban J connectivity index is 1.70. The number of hydrogen-bond donors (Lipinski definition) is 1. The van der Waals surface area contributed by atoms with E-state index in [0.29, 0.717) is 30.1 Å². The molecule has 4 nitrogen and oxygen atoms in total. The zero-order chi connectivity index (χ0) is 21.2. The van der Waals surface area contributed by atoms with E-state index in [9.17, 15) is 22.8 Å². The summed E-state index contributed by atoms with van der Waals surface area (Å²) in [5, 5.41) is 3.42. The minimum atomic E-state index is -4.52. The maximum atomic E-state index is 12.9. The van der Waals surface area contributed by atoms with Gasteiger partial charge in [0.15, 0.2) is 0 Å². The molecule has 1 atom stereocenters. The van der Waals surface area contributed by atoms with Crippen LogP contribution in [0, 0.1) is 12.8 Å². The molecule has 0 aromatic heterocycles. The van der Waals surface area contributed by atoms with Gasteiger partial charge in [-0.1, -0.05) is 17.7 Å². The van der Waals surface area contributed by atoms with Crippen molar-refractivity contribution >= 4 is 29.1 Å². The highest BCUT2D eigenvalue weighted by molar-refractivity contribution is 6.30. The van der Waals surface area contributed by atoms with Crippen molar-refractivity contribution in [3.05, 3.63) is 64.2 Å². The smallest absolute Gasteiger partial charge is 0.338 e. The van der Waals surface area contributed by atoms with Gasteiger partial charge in [-0.05, 0) is 61.7 Å². The number of nitrogens with one attached hydrogen (secondary N) is 1. The van der Waals surface area contributed by atoms with Gasteiger partial charge in [0.25, 0.3) is 5.91 Å². The third-order valence-electron chi connectivity index (χ3n) is 4.96. The van der Waals surface area contributed by atoms with Gasteiger partial charge >= 0.3 is 6.18 Å². The van der Waals surface area contributed by atoms with E-state index >= 15 is 0 Å². The van der Waals surface area contributed by atoms with E-state index in [1.165, 1.54) is 17.0 Å². The first-order chi connectivity index (χ1) is 13.6. The number of nitrogens with zero attached hydrogens (tertiary/aromatic N) is 1. The van der Waals surface area contributed by atoms with Crippen molar-refractivity contribution in [1.82, 2.24) is 4.90 Å². The van der Waals surface area contributed by atoms with Gasteiger partial charge in [0.2, 0.25) is 5.91 Å². The third kappa shape index (κ3) is 5.09. The van der Waals surface area contributed by atoms with Crippen molar-refractivity contribution in [3.63, 3.8) is 0 Å². The van der Waals surface area contributed by atoms with Gasteiger partial charge in [-0.25, -0.2) is 0 Å². The summed E-state index contributed by atoms with van der Waals surface area (Å²) >= 11 is 5.93. The summed E-state index contributed by atoms with van der Waals surface area (Å²) in [7, 11) is 0. The number of anilines is 1. The normalized spacial score (nSPS) is 17.1. The molecule has 2 amide bonds. The molecule has 0 aliphatic carbocycles. The first-order valence-electron chi connectivity index (χ1n) is 9.18. The molecule has 2 aromatic carbocycles. The predicted molar refractivity (Wildman–Crippen MR) is 105 cm³/mol. The highest BCUT2D eigenvalue weighted by Gasteiger charge is 2.33. The number of halogens is 4. The van der Waals surface area contributed by atoms with E-state index in [1.54, 1.807) is 18.2 Å². The van der Waals surface area contributed by atoms with E-state index in [2.05, 4.69) is 5.32 Å². The molecule has 1 N–H and O–H groups in total. The van der Waals surface area contributed by atoms with Crippen LogP contribution in [0.2, 0.25) is 5.02 Å². The molecule has 2 aromatic rings. The fourth-order valence-electron chi connectivity index (χ4n) is 3.39. The molecule has 1 aliphatic heterocycles. The Morgan fingerprint density at radius 2 is 1.93 bits per heavy atom. The molecule has 0 radical (unpaired) electrons. The number of hydrogen-bond acceptors (Lipinski definition) is 2. The fraction of sp³-hybridized carbons (Fsp3) is 0.333. The summed E-state index contributed by atoms with van der Waals surface area (Å²) in [6.45, 7) is 2.39.